The number of carboxylic acid groups (broad SMARTS) is 2. The molecule has 0 saturated heterocycles. The molecule has 0 fully saturated rings. The van der Waals surface area contributed by atoms with Crippen LogP contribution < -0.4 is 14.9 Å². The first kappa shape index (κ1) is 30.9. The minimum atomic E-state index is -1.08. The van der Waals surface area contributed by atoms with Crippen molar-refractivity contribution in [3.8, 4) is 5.75 Å². The van der Waals surface area contributed by atoms with Crippen molar-refractivity contribution in [1.29, 1.82) is 0 Å². The summed E-state index contributed by atoms with van der Waals surface area (Å²) in [5, 5.41) is 17.8. The molecular weight excluding hydrogens is 479 g/mol. The van der Waals surface area contributed by atoms with Crippen LogP contribution in [0.25, 0.3) is 0 Å². The molecule has 10 heteroatoms. The molecule has 1 aromatic carbocycles. The van der Waals surface area contributed by atoms with Crippen LogP contribution in [0.1, 0.15) is 73.6 Å². The van der Waals surface area contributed by atoms with Crippen LogP contribution in [0.5, 0.6) is 5.75 Å². The summed E-state index contributed by atoms with van der Waals surface area (Å²) in [6.45, 7) is 10.3. The van der Waals surface area contributed by atoms with Crippen molar-refractivity contribution in [2.45, 2.75) is 60.3 Å². The second-order valence-corrected chi connectivity index (χ2v) is 7.25. The van der Waals surface area contributed by atoms with Gasteiger partial charge in [0.2, 0.25) is 0 Å². The zero-order chi connectivity index (χ0) is 25.1. The van der Waals surface area contributed by atoms with Crippen molar-refractivity contribution in [1.82, 2.24) is 19.9 Å². The molecule has 0 aliphatic carbocycles. The average Bonchev–Trinajstić information content (AvgIpc) is 3.30. The van der Waals surface area contributed by atoms with Gasteiger partial charge in [0.15, 0.2) is 0 Å². The molecule has 34 heavy (non-hydrogen) atoms. The number of aromatic nitrogens is 4. The number of carbonyl (C=O) groups is 2. The first-order chi connectivity index (χ1) is 15.5. The van der Waals surface area contributed by atoms with Gasteiger partial charge in [-0.1, -0.05) is 32.0 Å². The maximum atomic E-state index is 8.89. The predicted molar refractivity (Wildman–Crippen MR) is 121 cm³/mol. The molecule has 0 unspecified atom stereocenters. The predicted octanol–water partition coefficient (Wildman–Crippen LogP) is 1.57. The van der Waals surface area contributed by atoms with Crippen molar-refractivity contribution >= 4 is 11.9 Å². The summed E-state index contributed by atoms with van der Waals surface area (Å²) in [4.78, 5) is 34.3. The summed E-state index contributed by atoms with van der Waals surface area (Å²) in [5.41, 5.74) is 5.26. The molecule has 0 aliphatic heterocycles. The minimum Gasteiger partial charge on any atom is -0.550 e. The normalized spacial score (nSPS) is 9.76. The van der Waals surface area contributed by atoms with Gasteiger partial charge in [0.25, 0.3) is 0 Å². The largest absolute Gasteiger partial charge is 2.00 e. The quantitative estimate of drug-likeness (QED) is 0.478. The molecular formula is C24H32MnN4O5. The number of H-pyrrole nitrogens is 2. The molecule has 0 atom stereocenters. The number of rotatable bonds is 6. The van der Waals surface area contributed by atoms with Crippen molar-refractivity contribution in [3.63, 3.8) is 0 Å². The van der Waals surface area contributed by atoms with E-state index in [1.54, 1.807) is 7.11 Å². The van der Waals surface area contributed by atoms with E-state index in [0.29, 0.717) is 0 Å². The summed E-state index contributed by atoms with van der Waals surface area (Å²) < 4.78 is 5.64. The average molecular weight is 511 g/mol. The standard InChI is InChI=1S/C20H26N4O.2C2H4O2.Mn/c1-6-16-21-12(3)19(23-16)18(14-10-8-9-11-15(14)25-5)20-13(4)22-17(7-2)24-20;2*1-2(3)4;/h8-11,18H,6-7H2,1-5H3,(H,21,23)(H,22,24);2*1H3,(H,3,4);/q;;;+2/p-2. The number of aryl methyl sites for hydroxylation is 4. The summed E-state index contributed by atoms with van der Waals surface area (Å²) in [6, 6.07) is 8.12. The zero-order valence-corrected chi connectivity index (χ0v) is 21.8. The summed E-state index contributed by atoms with van der Waals surface area (Å²) in [5.74, 6) is 0.616. The fourth-order valence-electron chi connectivity index (χ4n) is 3.30. The molecule has 0 amide bonds. The van der Waals surface area contributed by atoms with Crippen molar-refractivity contribution in [3.05, 3.63) is 64.3 Å². The molecule has 3 rings (SSSR count). The van der Waals surface area contributed by atoms with Crippen LogP contribution in [0.4, 0.5) is 0 Å². The second kappa shape index (κ2) is 14.9. The van der Waals surface area contributed by atoms with Crippen LogP contribution in [0.2, 0.25) is 0 Å². The first-order valence-electron chi connectivity index (χ1n) is 10.6. The van der Waals surface area contributed by atoms with Gasteiger partial charge in [-0.25, -0.2) is 9.97 Å². The van der Waals surface area contributed by atoms with Crippen LogP contribution in [-0.4, -0.2) is 39.0 Å². The van der Waals surface area contributed by atoms with E-state index < -0.39 is 11.9 Å². The number of hydrogen-bond donors (Lipinski definition) is 2. The van der Waals surface area contributed by atoms with E-state index in [-0.39, 0.29) is 23.0 Å². The van der Waals surface area contributed by atoms with Crippen molar-refractivity contribution < 1.29 is 41.6 Å². The maximum Gasteiger partial charge on any atom is 2.00 e. The number of hydrogen-bond acceptors (Lipinski definition) is 7. The fourth-order valence-corrected chi connectivity index (χ4v) is 3.30. The molecule has 3 aromatic rings. The molecule has 9 nitrogen and oxygen atoms in total. The summed E-state index contributed by atoms with van der Waals surface area (Å²) >= 11 is 0. The Bertz CT molecular complexity index is 993. The topological polar surface area (TPSA) is 147 Å². The van der Waals surface area contributed by atoms with Crippen LogP contribution >= 0.6 is 0 Å². The number of carboxylic acids is 2. The molecule has 0 spiro atoms. The number of aliphatic carboxylic acids is 2. The Morgan fingerprint density at radius 1 is 0.912 bits per heavy atom. The Balaban J connectivity index is 0.00000106. The molecule has 2 N–H and O–H groups in total. The number of para-hydroxylation sites is 1. The van der Waals surface area contributed by atoms with Gasteiger partial charge in [0, 0.05) is 41.7 Å². The van der Waals surface area contributed by atoms with Gasteiger partial charge in [-0.2, -0.15) is 0 Å². The zero-order valence-electron chi connectivity index (χ0n) is 20.6. The van der Waals surface area contributed by atoms with Gasteiger partial charge in [-0.05, 0) is 33.8 Å². The fraction of sp³-hybridized carbons (Fsp3) is 0.417. The van der Waals surface area contributed by atoms with Crippen molar-refractivity contribution in [2.75, 3.05) is 7.11 Å². The number of nitrogens with one attached hydrogen (secondary N) is 2. The number of methoxy groups -OCH3 is 1. The molecule has 0 saturated carbocycles. The number of carbonyl (C=O) groups excluding carboxylic acids is 2. The Labute approximate surface area is 210 Å². The third kappa shape index (κ3) is 9.03. The maximum absolute atomic E-state index is 8.89. The van der Waals surface area contributed by atoms with Crippen molar-refractivity contribution in [2.24, 2.45) is 0 Å². The Kier molecular flexibility index (Phi) is 13.6. The molecule has 2 heterocycles. The van der Waals surface area contributed by atoms with Gasteiger partial charge in [-0.15, -0.1) is 0 Å². The number of ether oxygens (including phenoxy) is 1. The number of nitrogens with zero attached hydrogens (tertiary/aromatic N) is 2. The van der Waals surface area contributed by atoms with Crippen LogP contribution in [0.3, 0.4) is 0 Å². The number of benzene rings is 1. The van der Waals surface area contributed by atoms with Crippen LogP contribution in [0, 0.1) is 13.8 Å². The first-order valence-corrected chi connectivity index (χ1v) is 10.6. The second-order valence-electron chi connectivity index (χ2n) is 7.25. The number of imidazole rings is 2. The minimum absolute atomic E-state index is 0. The molecule has 2 aromatic heterocycles. The Morgan fingerprint density at radius 2 is 1.29 bits per heavy atom. The van der Waals surface area contributed by atoms with E-state index in [4.69, 9.17) is 34.5 Å². The van der Waals surface area contributed by atoms with Gasteiger partial charge >= 0.3 is 17.1 Å². The Hall–Kier alpha value is -3.10. The summed E-state index contributed by atoms with van der Waals surface area (Å²) in [6.07, 6.45) is 1.75. The molecule has 1 radical (unpaired) electrons. The third-order valence-corrected chi connectivity index (χ3v) is 4.61. The van der Waals surface area contributed by atoms with Crippen LogP contribution in [0.15, 0.2) is 24.3 Å². The molecule has 0 bridgehead atoms. The molecule has 0 aliphatic rings. The van der Waals surface area contributed by atoms with E-state index in [1.807, 2.05) is 18.2 Å². The number of aromatic amines is 2. The third-order valence-electron chi connectivity index (χ3n) is 4.61. The van der Waals surface area contributed by atoms with Gasteiger partial charge in [-0.3, -0.25) is 0 Å². The van der Waals surface area contributed by atoms with E-state index in [0.717, 1.165) is 72.4 Å². The SMILES string of the molecule is CC(=O)[O-].CC(=O)[O-].CCc1nc(C(c2ccccc2OC)c2nc(CC)[nH]c2C)c(C)[nH]1.[Mn+2]. The van der Waals surface area contributed by atoms with E-state index in [9.17, 15) is 0 Å². The van der Waals surface area contributed by atoms with E-state index >= 15 is 0 Å². The van der Waals surface area contributed by atoms with Crippen LogP contribution in [-0.2, 0) is 39.5 Å². The monoisotopic (exact) mass is 511 g/mol. The van der Waals surface area contributed by atoms with Gasteiger partial charge in [0.1, 0.15) is 17.4 Å². The Morgan fingerprint density at radius 3 is 1.62 bits per heavy atom. The van der Waals surface area contributed by atoms with E-state index in [1.165, 1.54) is 0 Å². The molecule has 185 valence electrons. The van der Waals surface area contributed by atoms with Gasteiger partial charge < -0.3 is 34.5 Å². The summed E-state index contributed by atoms with van der Waals surface area (Å²) in [7, 11) is 1.71. The van der Waals surface area contributed by atoms with Gasteiger partial charge in [0.05, 0.1) is 24.4 Å². The van der Waals surface area contributed by atoms with E-state index in [2.05, 4.69) is 43.7 Å². The smallest absolute Gasteiger partial charge is 0.550 e.